The number of anilines is 2. The van der Waals surface area contributed by atoms with E-state index in [4.69, 9.17) is 0 Å². The van der Waals surface area contributed by atoms with Crippen LogP contribution in [0.3, 0.4) is 0 Å². The summed E-state index contributed by atoms with van der Waals surface area (Å²) in [7, 11) is 0. The Labute approximate surface area is 186 Å². The summed E-state index contributed by atoms with van der Waals surface area (Å²) in [6, 6.07) is 5.73. The Bertz CT molecular complexity index is 1190. The van der Waals surface area contributed by atoms with Gasteiger partial charge in [-0.05, 0) is 43.4 Å². The highest BCUT2D eigenvalue weighted by Crippen LogP contribution is 2.40. The van der Waals surface area contributed by atoms with E-state index in [9.17, 15) is 35.1 Å². The summed E-state index contributed by atoms with van der Waals surface area (Å²) in [5, 5.41) is 53.8. The van der Waals surface area contributed by atoms with E-state index in [-0.39, 0.29) is 28.3 Å². The Morgan fingerprint density at radius 1 is 0.781 bits per heavy atom. The van der Waals surface area contributed by atoms with Crippen LogP contribution in [0.4, 0.5) is 10.7 Å². The van der Waals surface area contributed by atoms with E-state index in [1.807, 2.05) is 0 Å². The van der Waals surface area contributed by atoms with E-state index >= 15 is 0 Å². The van der Waals surface area contributed by atoms with Crippen LogP contribution in [-0.2, 0) is 12.8 Å². The number of aryl methyl sites for hydroxylation is 1. The number of benzene rings is 2. The summed E-state index contributed by atoms with van der Waals surface area (Å²) in [5.41, 5.74) is 1.20. The lowest BCUT2D eigenvalue weighted by molar-refractivity contribution is 0.102. The number of hydrogen-bond donors (Lipinski definition) is 7. The van der Waals surface area contributed by atoms with Crippen LogP contribution in [0, 0.1) is 0 Å². The van der Waals surface area contributed by atoms with Crippen LogP contribution in [0.15, 0.2) is 30.3 Å². The van der Waals surface area contributed by atoms with Crippen molar-refractivity contribution in [2.75, 3.05) is 10.6 Å². The molecule has 0 bridgehead atoms. The smallest absolute Gasteiger partial charge is 0.258 e. The third-order valence-corrected chi connectivity index (χ3v) is 6.32. The lowest BCUT2D eigenvalue weighted by Gasteiger charge is -2.14. The fraction of sp³-hybridized carbons (Fsp3) is 0.182. The minimum absolute atomic E-state index is 0.103. The molecule has 7 N–H and O–H groups in total. The summed E-state index contributed by atoms with van der Waals surface area (Å²) in [6.45, 7) is 0. The number of rotatable bonds is 4. The van der Waals surface area contributed by atoms with Gasteiger partial charge in [0.25, 0.3) is 11.8 Å². The third-order valence-electron chi connectivity index (χ3n) is 5.12. The van der Waals surface area contributed by atoms with Crippen LogP contribution >= 0.6 is 11.3 Å². The third kappa shape index (κ3) is 4.12. The van der Waals surface area contributed by atoms with E-state index in [0.29, 0.717) is 11.4 Å². The minimum atomic E-state index is -0.734. The molecule has 3 aromatic rings. The Hall–Kier alpha value is -3.92. The molecule has 0 radical (unpaired) electrons. The van der Waals surface area contributed by atoms with Gasteiger partial charge in [0.2, 0.25) is 0 Å². The first kappa shape index (κ1) is 21.3. The molecule has 0 unspecified atom stereocenters. The van der Waals surface area contributed by atoms with E-state index < -0.39 is 29.1 Å². The van der Waals surface area contributed by atoms with Crippen LogP contribution in [0.1, 0.15) is 44.0 Å². The van der Waals surface area contributed by atoms with Crippen molar-refractivity contribution in [3.05, 3.63) is 51.9 Å². The molecule has 0 fully saturated rings. The van der Waals surface area contributed by atoms with Crippen LogP contribution in [0.2, 0.25) is 0 Å². The van der Waals surface area contributed by atoms with Gasteiger partial charge in [0, 0.05) is 34.3 Å². The molecule has 0 saturated carbocycles. The van der Waals surface area contributed by atoms with Gasteiger partial charge >= 0.3 is 0 Å². The summed E-state index contributed by atoms with van der Waals surface area (Å²) < 4.78 is 0. The second-order valence-corrected chi connectivity index (χ2v) is 8.53. The summed E-state index contributed by atoms with van der Waals surface area (Å²) >= 11 is 1.28. The van der Waals surface area contributed by atoms with Crippen molar-refractivity contribution in [3.63, 3.8) is 0 Å². The van der Waals surface area contributed by atoms with Gasteiger partial charge in [0.15, 0.2) is 17.2 Å². The lowest BCUT2D eigenvalue weighted by Crippen LogP contribution is -2.18. The standard InChI is InChI=1S/C22H20N2O7S/c25-12-7-11(8-13(26)9-12)23-21(31)18-14-3-1-2-4-17(14)32-22(18)24-20(30)10-5-15(27)19(29)16(28)6-10/h5-9,25-29H,1-4H2,(H,23,31)(H,24,30). The van der Waals surface area contributed by atoms with Crippen LogP contribution < -0.4 is 10.6 Å². The average molecular weight is 456 g/mol. The first-order valence-electron chi connectivity index (χ1n) is 9.78. The number of phenols is 5. The molecule has 32 heavy (non-hydrogen) atoms. The van der Waals surface area contributed by atoms with Crippen LogP contribution in [0.5, 0.6) is 28.7 Å². The first-order valence-corrected chi connectivity index (χ1v) is 10.6. The van der Waals surface area contributed by atoms with Gasteiger partial charge in [-0.2, -0.15) is 0 Å². The number of nitrogens with one attached hydrogen (secondary N) is 2. The number of thiophene rings is 1. The van der Waals surface area contributed by atoms with Crippen LogP contribution in [0.25, 0.3) is 0 Å². The molecule has 0 saturated heterocycles. The molecule has 2 amide bonds. The molecular formula is C22H20N2O7S. The Morgan fingerprint density at radius 3 is 2.06 bits per heavy atom. The highest BCUT2D eigenvalue weighted by molar-refractivity contribution is 7.17. The molecule has 0 spiro atoms. The van der Waals surface area contributed by atoms with Crippen molar-refractivity contribution < 1.29 is 35.1 Å². The topological polar surface area (TPSA) is 159 Å². The minimum Gasteiger partial charge on any atom is -0.508 e. The predicted octanol–water partition coefficient (Wildman–Crippen LogP) is 3.66. The molecule has 10 heteroatoms. The normalized spacial score (nSPS) is 12.8. The second kappa shape index (κ2) is 8.31. The van der Waals surface area contributed by atoms with E-state index in [0.717, 1.165) is 47.9 Å². The van der Waals surface area contributed by atoms with Gasteiger partial charge in [0.05, 0.1) is 5.56 Å². The maximum atomic E-state index is 13.1. The number of carbonyl (C=O) groups excluding carboxylic acids is 2. The maximum absolute atomic E-state index is 13.1. The average Bonchev–Trinajstić information content (AvgIpc) is 3.08. The van der Waals surface area contributed by atoms with Crippen molar-refractivity contribution in [1.82, 2.24) is 0 Å². The summed E-state index contributed by atoms with van der Waals surface area (Å²) in [5.74, 6) is -3.66. The molecule has 1 heterocycles. The summed E-state index contributed by atoms with van der Waals surface area (Å²) in [4.78, 5) is 26.9. The predicted molar refractivity (Wildman–Crippen MR) is 118 cm³/mol. The van der Waals surface area contributed by atoms with Gasteiger partial charge in [-0.25, -0.2) is 0 Å². The molecule has 9 nitrogen and oxygen atoms in total. The van der Waals surface area contributed by atoms with Crippen LogP contribution in [-0.4, -0.2) is 37.3 Å². The zero-order chi connectivity index (χ0) is 23.0. The van der Waals surface area contributed by atoms with Gasteiger partial charge < -0.3 is 36.2 Å². The fourth-order valence-electron chi connectivity index (χ4n) is 3.67. The molecule has 1 aromatic heterocycles. The van der Waals surface area contributed by atoms with Crippen molar-refractivity contribution >= 4 is 33.8 Å². The van der Waals surface area contributed by atoms with Crippen molar-refractivity contribution in [2.45, 2.75) is 25.7 Å². The molecular weight excluding hydrogens is 436 g/mol. The van der Waals surface area contributed by atoms with Crippen molar-refractivity contribution in [2.24, 2.45) is 0 Å². The SMILES string of the molecule is O=C(Nc1sc2c(c1C(=O)Nc1cc(O)cc(O)c1)CCCC2)c1cc(O)c(O)c(O)c1. The number of fused-ring (bicyclic) bond motifs is 1. The number of aromatic hydroxyl groups is 5. The first-order chi connectivity index (χ1) is 15.2. The second-order valence-electron chi connectivity index (χ2n) is 7.42. The van der Waals surface area contributed by atoms with E-state index in [2.05, 4.69) is 10.6 Å². The monoisotopic (exact) mass is 456 g/mol. The molecule has 1 aliphatic carbocycles. The molecule has 166 valence electrons. The molecule has 4 rings (SSSR count). The zero-order valence-electron chi connectivity index (χ0n) is 16.7. The quantitative estimate of drug-likeness (QED) is 0.295. The number of hydrogen-bond acceptors (Lipinski definition) is 8. The van der Waals surface area contributed by atoms with E-state index in [1.54, 1.807) is 0 Å². The van der Waals surface area contributed by atoms with Gasteiger partial charge in [-0.3, -0.25) is 9.59 Å². The van der Waals surface area contributed by atoms with Crippen molar-refractivity contribution in [3.8, 4) is 28.7 Å². The molecule has 2 aromatic carbocycles. The fourth-order valence-corrected chi connectivity index (χ4v) is 4.95. The maximum Gasteiger partial charge on any atom is 0.258 e. The number of carbonyl (C=O) groups is 2. The Kier molecular flexibility index (Phi) is 5.54. The van der Waals surface area contributed by atoms with Gasteiger partial charge in [-0.1, -0.05) is 0 Å². The largest absolute Gasteiger partial charge is 0.508 e. The Balaban J connectivity index is 1.67. The molecule has 0 atom stereocenters. The lowest BCUT2D eigenvalue weighted by atomic mass is 9.95. The van der Waals surface area contributed by atoms with E-state index in [1.165, 1.54) is 23.5 Å². The summed E-state index contributed by atoms with van der Waals surface area (Å²) in [6.07, 6.45) is 3.28. The van der Waals surface area contributed by atoms with Gasteiger partial charge in [0.1, 0.15) is 16.5 Å². The highest BCUT2D eigenvalue weighted by atomic mass is 32.1. The molecule has 0 aliphatic heterocycles. The Morgan fingerprint density at radius 2 is 1.41 bits per heavy atom. The van der Waals surface area contributed by atoms with Crippen molar-refractivity contribution in [1.29, 1.82) is 0 Å². The molecule has 1 aliphatic rings. The zero-order valence-corrected chi connectivity index (χ0v) is 17.5. The number of phenolic OH excluding ortho intramolecular Hbond substituents is 5. The highest BCUT2D eigenvalue weighted by Gasteiger charge is 2.27. The number of amides is 2. The van der Waals surface area contributed by atoms with Gasteiger partial charge in [-0.15, -0.1) is 11.3 Å².